The summed E-state index contributed by atoms with van der Waals surface area (Å²) in [6, 6.07) is 5.97. The number of ketones is 1. The molecule has 5 nitrogen and oxygen atoms in total. The fourth-order valence-electron chi connectivity index (χ4n) is 3.62. The molecule has 124 valence electrons. The minimum absolute atomic E-state index is 0.0847. The summed E-state index contributed by atoms with van der Waals surface area (Å²) in [6.45, 7) is 5.19. The zero-order chi connectivity index (χ0) is 16.6. The smallest absolute Gasteiger partial charge is 0.322 e. The van der Waals surface area contributed by atoms with Gasteiger partial charge in [-0.05, 0) is 24.5 Å². The largest absolute Gasteiger partial charge is 0.450 e. The van der Waals surface area contributed by atoms with Crippen molar-refractivity contribution in [3.05, 3.63) is 34.9 Å². The number of hydrogen-bond donors (Lipinski definition) is 0. The van der Waals surface area contributed by atoms with E-state index in [0.29, 0.717) is 25.9 Å². The topological polar surface area (TPSA) is 55.8 Å². The van der Waals surface area contributed by atoms with E-state index in [-0.39, 0.29) is 5.78 Å². The molecule has 2 heterocycles. The van der Waals surface area contributed by atoms with E-state index in [1.165, 1.54) is 0 Å². The Morgan fingerprint density at radius 3 is 2.61 bits per heavy atom. The van der Waals surface area contributed by atoms with Gasteiger partial charge < -0.3 is 9.57 Å². The van der Waals surface area contributed by atoms with Crippen molar-refractivity contribution < 1.29 is 19.2 Å². The molecule has 2 saturated heterocycles. The normalized spacial score (nSPS) is 24.2. The number of hydroxylamine groups is 2. The first-order valence-electron chi connectivity index (χ1n) is 8.16. The SMILES string of the molecule is CCc1ccc(C)cc1C1C(=O)OC2(CCN(OC)CC2)C1=O. The van der Waals surface area contributed by atoms with Crippen molar-refractivity contribution in [3.8, 4) is 0 Å². The zero-order valence-electron chi connectivity index (χ0n) is 13.9. The van der Waals surface area contributed by atoms with Crippen molar-refractivity contribution in [2.45, 2.75) is 44.6 Å². The van der Waals surface area contributed by atoms with E-state index in [1.54, 1.807) is 12.2 Å². The summed E-state index contributed by atoms with van der Waals surface area (Å²) in [6.07, 6.45) is 1.78. The number of aryl methyl sites for hydroxylation is 2. The van der Waals surface area contributed by atoms with Crippen LogP contribution in [0.3, 0.4) is 0 Å². The van der Waals surface area contributed by atoms with E-state index < -0.39 is 17.5 Å². The van der Waals surface area contributed by atoms with Crippen LogP contribution in [-0.4, -0.2) is 42.6 Å². The molecule has 1 unspecified atom stereocenters. The van der Waals surface area contributed by atoms with Gasteiger partial charge in [0, 0.05) is 25.9 Å². The van der Waals surface area contributed by atoms with Gasteiger partial charge in [-0.2, -0.15) is 5.06 Å². The first-order valence-corrected chi connectivity index (χ1v) is 8.16. The van der Waals surface area contributed by atoms with E-state index in [9.17, 15) is 9.59 Å². The number of esters is 1. The predicted octanol–water partition coefficient (Wildman–Crippen LogP) is 2.16. The molecule has 0 bridgehead atoms. The van der Waals surface area contributed by atoms with Crippen LogP contribution >= 0.6 is 0 Å². The van der Waals surface area contributed by atoms with Crippen molar-refractivity contribution in [1.29, 1.82) is 0 Å². The monoisotopic (exact) mass is 317 g/mol. The van der Waals surface area contributed by atoms with E-state index >= 15 is 0 Å². The first-order chi connectivity index (χ1) is 11.0. The molecule has 0 radical (unpaired) electrons. The van der Waals surface area contributed by atoms with Crippen molar-refractivity contribution in [2.24, 2.45) is 0 Å². The number of ether oxygens (including phenoxy) is 1. The average molecular weight is 317 g/mol. The quantitative estimate of drug-likeness (QED) is 0.632. The van der Waals surface area contributed by atoms with Crippen molar-refractivity contribution in [1.82, 2.24) is 5.06 Å². The average Bonchev–Trinajstić information content (AvgIpc) is 2.78. The fraction of sp³-hybridized carbons (Fsp3) is 0.556. The molecule has 2 fully saturated rings. The number of benzene rings is 1. The van der Waals surface area contributed by atoms with Crippen molar-refractivity contribution in [2.75, 3.05) is 20.2 Å². The molecule has 23 heavy (non-hydrogen) atoms. The van der Waals surface area contributed by atoms with Gasteiger partial charge in [0.25, 0.3) is 0 Å². The molecular weight excluding hydrogens is 294 g/mol. The standard InChI is InChI=1S/C18H23NO4/c1-4-13-6-5-12(2)11-14(13)15-16(20)18(23-17(15)21)7-9-19(22-3)10-8-18/h5-6,11,15H,4,7-10H2,1-3H3. The third-order valence-electron chi connectivity index (χ3n) is 5.02. The molecule has 0 amide bonds. The highest BCUT2D eigenvalue weighted by atomic mass is 16.7. The van der Waals surface area contributed by atoms with Gasteiger partial charge in [0.05, 0.1) is 7.11 Å². The van der Waals surface area contributed by atoms with E-state index in [2.05, 4.69) is 0 Å². The van der Waals surface area contributed by atoms with Gasteiger partial charge >= 0.3 is 5.97 Å². The highest BCUT2D eigenvalue weighted by Crippen LogP contribution is 2.41. The molecule has 1 atom stereocenters. The number of rotatable bonds is 3. The predicted molar refractivity (Wildman–Crippen MR) is 84.9 cm³/mol. The molecule has 2 aliphatic rings. The first kappa shape index (κ1) is 16.1. The van der Waals surface area contributed by atoms with Crippen LogP contribution < -0.4 is 0 Å². The highest BCUT2D eigenvalue weighted by molar-refractivity contribution is 6.13. The summed E-state index contributed by atoms with van der Waals surface area (Å²) in [5.74, 6) is -1.27. The van der Waals surface area contributed by atoms with Gasteiger partial charge in [-0.15, -0.1) is 0 Å². The zero-order valence-corrected chi connectivity index (χ0v) is 13.9. The van der Waals surface area contributed by atoms with Gasteiger partial charge in [0.1, 0.15) is 5.92 Å². The number of carbonyl (C=O) groups excluding carboxylic acids is 2. The molecule has 2 aliphatic heterocycles. The second-order valence-electron chi connectivity index (χ2n) is 6.38. The molecule has 0 N–H and O–H groups in total. The number of hydrogen-bond acceptors (Lipinski definition) is 5. The molecule has 1 aromatic rings. The summed E-state index contributed by atoms with van der Waals surface area (Å²) < 4.78 is 5.63. The van der Waals surface area contributed by atoms with Crippen LogP contribution in [0.15, 0.2) is 18.2 Å². The molecular formula is C18H23NO4. The molecule has 0 aliphatic carbocycles. The number of Topliss-reactive ketones (excluding diaryl/α,β-unsaturated/α-hetero) is 1. The lowest BCUT2D eigenvalue weighted by Gasteiger charge is -2.35. The summed E-state index contributed by atoms with van der Waals surface area (Å²) in [4.78, 5) is 30.8. The minimum atomic E-state index is -0.967. The van der Waals surface area contributed by atoms with Gasteiger partial charge in [0.2, 0.25) is 0 Å². The Balaban J connectivity index is 1.92. The molecule has 3 rings (SSSR count). The van der Waals surface area contributed by atoms with E-state index in [4.69, 9.17) is 9.57 Å². The Bertz CT molecular complexity index is 632. The number of carbonyl (C=O) groups is 2. The molecule has 0 saturated carbocycles. The third kappa shape index (κ3) is 2.68. The molecule has 5 heteroatoms. The van der Waals surface area contributed by atoms with Gasteiger partial charge in [0.15, 0.2) is 11.4 Å². The Kier molecular flexibility index (Phi) is 4.25. The minimum Gasteiger partial charge on any atom is -0.450 e. The Labute approximate surface area is 136 Å². The maximum atomic E-state index is 13.1. The van der Waals surface area contributed by atoms with Crippen molar-refractivity contribution in [3.63, 3.8) is 0 Å². The van der Waals surface area contributed by atoms with Gasteiger partial charge in [-0.1, -0.05) is 30.7 Å². The maximum absolute atomic E-state index is 13.1. The summed E-state index contributed by atoms with van der Waals surface area (Å²) in [7, 11) is 1.61. The fourth-order valence-corrected chi connectivity index (χ4v) is 3.62. The van der Waals surface area contributed by atoms with E-state index in [0.717, 1.165) is 23.1 Å². The third-order valence-corrected chi connectivity index (χ3v) is 5.02. The lowest BCUT2D eigenvalue weighted by atomic mass is 9.80. The van der Waals surface area contributed by atoms with Crippen LogP contribution in [0.25, 0.3) is 0 Å². The second-order valence-corrected chi connectivity index (χ2v) is 6.38. The molecule has 1 spiro atoms. The van der Waals surface area contributed by atoms with Crippen molar-refractivity contribution >= 4 is 11.8 Å². The lowest BCUT2D eigenvalue weighted by Crippen LogP contribution is -2.48. The number of nitrogens with zero attached hydrogens (tertiary/aromatic N) is 1. The van der Waals surface area contributed by atoms with E-state index in [1.807, 2.05) is 32.0 Å². The van der Waals surface area contributed by atoms with Gasteiger partial charge in [-0.25, -0.2) is 0 Å². The highest BCUT2D eigenvalue weighted by Gasteiger charge is 2.56. The number of piperidine rings is 1. The lowest BCUT2D eigenvalue weighted by molar-refractivity contribution is -0.184. The van der Waals surface area contributed by atoms with Gasteiger partial charge in [-0.3, -0.25) is 9.59 Å². The van der Waals surface area contributed by atoms with Crippen LogP contribution in [0.4, 0.5) is 0 Å². The Morgan fingerprint density at radius 1 is 1.30 bits per heavy atom. The van der Waals surface area contributed by atoms with Crippen LogP contribution in [0.5, 0.6) is 0 Å². The summed E-state index contributed by atoms with van der Waals surface area (Å²) >= 11 is 0. The Hall–Kier alpha value is -1.72. The summed E-state index contributed by atoms with van der Waals surface area (Å²) in [5.41, 5.74) is 1.93. The van der Waals surface area contributed by atoms with Crippen LogP contribution in [-0.2, 0) is 25.6 Å². The van der Waals surface area contributed by atoms with Crippen LogP contribution in [0.2, 0.25) is 0 Å². The van der Waals surface area contributed by atoms with Crippen LogP contribution in [0.1, 0.15) is 42.4 Å². The molecule has 0 aromatic heterocycles. The Morgan fingerprint density at radius 2 is 2.00 bits per heavy atom. The van der Waals surface area contributed by atoms with Crippen LogP contribution in [0, 0.1) is 6.92 Å². The molecule has 1 aromatic carbocycles. The maximum Gasteiger partial charge on any atom is 0.322 e. The second kappa shape index (κ2) is 6.06. The summed E-state index contributed by atoms with van der Waals surface area (Å²) in [5, 5.41) is 1.80.